The zero-order valence-corrected chi connectivity index (χ0v) is 16.1. The fraction of sp³-hybridized carbons (Fsp3) is 0.286. The van der Waals surface area contributed by atoms with Crippen LogP contribution in [0.2, 0.25) is 0 Å². The van der Waals surface area contributed by atoms with E-state index in [2.05, 4.69) is 5.32 Å². The summed E-state index contributed by atoms with van der Waals surface area (Å²) in [6.45, 7) is 1.50. The van der Waals surface area contributed by atoms with Crippen molar-refractivity contribution in [3.05, 3.63) is 65.0 Å². The first-order chi connectivity index (χ1) is 14.3. The van der Waals surface area contributed by atoms with Crippen LogP contribution in [-0.2, 0) is 20.7 Å². The number of esters is 1. The third-order valence-corrected chi connectivity index (χ3v) is 4.62. The maximum atomic E-state index is 13.8. The van der Waals surface area contributed by atoms with Gasteiger partial charge >= 0.3 is 5.97 Å². The number of hydrogen-bond acceptors (Lipinski definition) is 4. The highest BCUT2D eigenvalue weighted by Crippen LogP contribution is 2.22. The molecule has 0 bridgehead atoms. The fourth-order valence-corrected chi connectivity index (χ4v) is 3.20. The van der Waals surface area contributed by atoms with Crippen LogP contribution in [-0.4, -0.2) is 41.9 Å². The summed E-state index contributed by atoms with van der Waals surface area (Å²) in [5.74, 6) is -6.62. The number of nitrogens with one attached hydrogen (secondary N) is 1. The Hall–Kier alpha value is -3.36. The lowest BCUT2D eigenvalue weighted by Gasteiger charge is -2.29. The zero-order valence-electron chi connectivity index (χ0n) is 16.1. The topological polar surface area (TPSA) is 75.7 Å². The van der Waals surface area contributed by atoms with E-state index in [1.807, 2.05) is 0 Å². The molecule has 2 amide bonds. The fourth-order valence-electron chi connectivity index (χ4n) is 3.20. The molecule has 1 N–H and O–H groups in total. The minimum atomic E-state index is -1.71. The monoisotopic (exact) mass is 420 g/mol. The number of benzene rings is 2. The number of hydrogen-bond donors (Lipinski definition) is 1. The van der Waals surface area contributed by atoms with Gasteiger partial charge in [-0.15, -0.1) is 0 Å². The van der Waals surface area contributed by atoms with Crippen molar-refractivity contribution in [2.24, 2.45) is 0 Å². The van der Waals surface area contributed by atoms with Crippen LogP contribution < -0.4 is 5.32 Å². The predicted molar refractivity (Wildman–Crippen MR) is 101 cm³/mol. The second kappa shape index (κ2) is 8.98. The molecule has 0 fully saturated rings. The smallest absolute Gasteiger partial charge is 0.339 e. The third-order valence-electron chi connectivity index (χ3n) is 4.62. The van der Waals surface area contributed by atoms with Crippen LogP contribution in [0.5, 0.6) is 0 Å². The molecule has 1 aliphatic heterocycles. The Bertz CT molecular complexity index is 996. The van der Waals surface area contributed by atoms with E-state index in [4.69, 9.17) is 4.74 Å². The van der Waals surface area contributed by atoms with E-state index >= 15 is 0 Å². The lowest BCUT2D eigenvalue weighted by atomic mass is 9.98. The molecule has 0 aromatic heterocycles. The van der Waals surface area contributed by atoms with Crippen LogP contribution in [0.4, 0.5) is 18.9 Å². The molecule has 2 aromatic carbocycles. The van der Waals surface area contributed by atoms with Crippen LogP contribution >= 0.6 is 0 Å². The second-order valence-electron chi connectivity index (χ2n) is 6.79. The molecule has 0 aliphatic carbocycles. The Morgan fingerprint density at radius 3 is 2.60 bits per heavy atom. The largest absolute Gasteiger partial charge is 0.448 e. The maximum absolute atomic E-state index is 13.8. The minimum absolute atomic E-state index is 0.167. The van der Waals surface area contributed by atoms with Crippen LogP contribution in [0, 0.1) is 17.5 Å². The highest BCUT2D eigenvalue weighted by atomic mass is 19.2. The zero-order chi connectivity index (χ0) is 21.8. The van der Waals surface area contributed by atoms with Gasteiger partial charge in [0.1, 0.15) is 0 Å². The number of fused-ring (bicyclic) bond motifs is 1. The molecule has 1 unspecified atom stereocenters. The number of rotatable bonds is 6. The van der Waals surface area contributed by atoms with Gasteiger partial charge in [0.25, 0.3) is 5.91 Å². The van der Waals surface area contributed by atoms with Gasteiger partial charge in [-0.2, -0.15) is 0 Å². The number of carbonyl (C=O) groups excluding carboxylic acids is 3. The van der Waals surface area contributed by atoms with Crippen LogP contribution in [0.15, 0.2) is 36.4 Å². The summed E-state index contributed by atoms with van der Waals surface area (Å²) in [5, 5.41) is 2.13. The van der Waals surface area contributed by atoms with Gasteiger partial charge in [-0.05, 0) is 30.2 Å². The molecule has 2 aromatic rings. The number of amides is 2. The van der Waals surface area contributed by atoms with Crippen LogP contribution in [0.25, 0.3) is 0 Å². The summed E-state index contributed by atoms with van der Waals surface area (Å²) in [4.78, 5) is 38.5. The van der Waals surface area contributed by atoms with Crippen molar-refractivity contribution in [1.82, 2.24) is 4.90 Å². The molecule has 3 rings (SSSR count). The Kier molecular flexibility index (Phi) is 6.39. The van der Waals surface area contributed by atoms with Gasteiger partial charge in [-0.3, -0.25) is 9.59 Å². The molecular weight excluding hydrogens is 401 g/mol. The van der Waals surface area contributed by atoms with E-state index in [0.29, 0.717) is 23.6 Å². The van der Waals surface area contributed by atoms with Crippen molar-refractivity contribution in [2.45, 2.75) is 25.9 Å². The Labute approximate surface area is 170 Å². The van der Waals surface area contributed by atoms with Gasteiger partial charge < -0.3 is 15.0 Å². The standard InChI is InChI=1S/C21H19F3N2O4/c1-2-9-26(11-17(27)25-15-8-7-14(22)18(23)19(15)24)20(28)16-10-12-5-3-4-6-13(12)21(29)30-16/h3-8,16H,2,9-11H2,1H3,(H,25,27). The van der Waals surface area contributed by atoms with Gasteiger partial charge in [0, 0.05) is 13.0 Å². The average molecular weight is 420 g/mol. The molecule has 6 nitrogen and oxygen atoms in total. The highest BCUT2D eigenvalue weighted by Gasteiger charge is 2.34. The molecule has 1 aliphatic rings. The molecule has 1 atom stereocenters. The van der Waals surface area contributed by atoms with Gasteiger partial charge in [0.2, 0.25) is 5.91 Å². The number of halogens is 3. The first-order valence-corrected chi connectivity index (χ1v) is 9.32. The molecular formula is C21H19F3N2O4. The first-order valence-electron chi connectivity index (χ1n) is 9.32. The molecule has 0 radical (unpaired) electrons. The summed E-state index contributed by atoms with van der Waals surface area (Å²) in [6, 6.07) is 8.32. The van der Waals surface area contributed by atoms with E-state index < -0.39 is 53.6 Å². The molecule has 158 valence electrons. The number of nitrogens with zero attached hydrogens (tertiary/aromatic N) is 1. The summed E-state index contributed by atoms with van der Waals surface area (Å²) in [6.07, 6.45) is -0.414. The van der Waals surface area contributed by atoms with Gasteiger partial charge in [-0.25, -0.2) is 18.0 Å². The number of anilines is 1. The van der Waals surface area contributed by atoms with Crippen molar-refractivity contribution in [3.63, 3.8) is 0 Å². The van der Waals surface area contributed by atoms with Crippen molar-refractivity contribution in [1.29, 1.82) is 0 Å². The molecule has 1 heterocycles. The van der Waals surface area contributed by atoms with E-state index in [1.54, 1.807) is 31.2 Å². The normalized spacial score (nSPS) is 15.2. The quantitative estimate of drug-likeness (QED) is 0.576. The number of carbonyl (C=O) groups is 3. The Balaban J connectivity index is 1.71. The first kappa shape index (κ1) is 21.4. The van der Waals surface area contributed by atoms with E-state index in [1.165, 1.54) is 4.90 Å². The lowest BCUT2D eigenvalue weighted by molar-refractivity contribution is -0.143. The van der Waals surface area contributed by atoms with Gasteiger partial charge in [-0.1, -0.05) is 25.1 Å². The van der Waals surface area contributed by atoms with Gasteiger partial charge in [0.05, 0.1) is 17.8 Å². The van der Waals surface area contributed by atoms with Crippen molar-refractivity contribution in [3.8, 4) is 0 Å². The summed E-state index contributed by atoms with van der Waals surface area (Å²) >= 11 is 0. The molecule has 9 heteroatoms. The van der Waals surface area contributed by atoms with Crippen molar-refractivity contribution in [2.75, 3.05) is 18.4 Å². The Morgan fingerprint density at radius 1 is 1.13 bits per heavy atom. The van der Waals surface area contributed by atoms with Crippen molar-refractivity contribution >= 4 is 23.5 Å². The molecule has 0 spiro atoms. The van der Waals surface area contributed by atoms with E-state index in [-0.39, 0.29) is 13.0 Å². The average Bonchev–Trinajstić information content (AvgIpc) is 2.73. The van der Waals surface area contributed by atoms with Gasteiger partial charge in [0.15, 0.2) is 23.6 Å². The number of cyclic esters (lactones) is 1. The molecule has 0 saturated carbocycles. The SMILES string of the molecule is CCCN(CC(=O)Nc1ccc(F)c(F)c1F)C(=O)C1Cc2ccccc2C(=O)O1. The van der Waals surface area contributed by atoms with Crippen molar-refractivity contribution < 1.29 is 32.3 Å². The molecule has 0 saturated heterocycles. The third kappa shape index (κ3) is 4.45. The highest BCUT2D eigenvalue weighted by molar-refractivity contribution is 5.98. The molecule has 30 heavy (non-hydrogen) atoms. The maximum Gasteiger partial charge on any atom is 0.339 e. The predicted octanol–water partition coefficient (Wildman–Crippen LogP) is 3.06. The second-order valence-corrected chi connectivity index (χ2v) is 6.79. The summed E-state index contributed by atoms with van der Waals surface area (Å²) < 4.78 is 45.4. The lowest BCUT2D eigenvalue weighted by Crippen LogP contribution is -2.47. The van der Waals surface area contributed by atoms with E-state index in [0.717, 1.165) is 6.07 Å². The van der Waals surface area contributed by atoms with Crippen LogP contribution in [0.3, 0.4) is 0 Å². The van der Waals surface area contributed by atoms with Crippen LogP contribution in [0.1, 0.15) is 29.3 Å². The van der Waals surface area contributed by atoms with E-state index in [9.17, 15) is 27.6 Å². The summed E-state index contributed by atoms with van der Waals surface area (Å²) in [7, 11) is 0. The summed E-state index contributed by atoms with van der Waals surface area (Å²) in [5.41, 5.74) is 0.507. The minimum Gasteiger partial charge on any atom is -0.448 e. The Morgan fingerprint density at radius 2 is 1.87 bits per heavy atom. The number of ether oxygens (including phenoxy) is 1.